The highest BCUT2D eigenvalue weighted by molar-refractivity contribution is 7.24. The third-order valence-electron chi connectivity index (χ3n) is 6.15. The first-order valence-electron chi connectivity index (χ1n) is 12.8. The molecule has 214 valence electrons. The van der Waals surface area contributed by atoms with Crippen LogP contribution in [0.4, 0.5) is 20.7 Å². The number of nitrogens with one attached hydrogen (secondary N) is 3. The highest BCUT2D eigenvalue weighted by Gasteiger charge is 2.26. The van der Waals surface area contributed by atoms with Crippen LogP contribution in [0, 0.1) is 12.7 Å². The van der Waals surface area contributed by atoms with Crippen LogP contribution in [0.3, 0.4) is 0 Å². The van der Waals surface area contributed by atoms with Crippen molar-refractivity contribution in [2.75, 3.05) is 37.1 Å². The van der Waals surface area contributed by atoms with Crippen LogP contribution in [0.1, 0.15) is 32.5 Å². The second-order valence-electron chi connectivity index (χ2n) is 8.56. The molecule has 15 heteroatoms. The zero-order valence-corrected chi connectivity index (χ0v) is 23.6. The molecule has 0 saturated carbocycles. The van der Waals surface area contributed by atoms with Crippen molar-refractivity contribution in [3.8, 4) is 11.8 Å². The van der Waals surface area contributed by atoms with Gasteiger partial charge in [-0.05, 0) is 31.9 Å². The van der Waals surface area contributed by atoms with Crippen LogP contribution in [-0.4, -0.2) is 68.9 Å². The molecular weight excluding hydrogens is 542 g/mol. The van der Waals surface area contributed by atoms with Crippen LogP contribution >= 0.6 is 9.03 Å². The van der Waals surface area contributed by atoms with E-state index >= 15 is 0 Å². The first kappa shape index (κ1) is 29.1. The van der Waals surface area contributed by atoms with Crippen LogP contribution in [0.25, 0.3) is 21.9 Å². The molecule has 4 heterocycles. The fourth-order valence-corrected chi connectivity index (χ4v) is 4.50. The van der Waals surface area contributed by atoms with E-state index in [-0.39, 0.29) is 18.8 Å². The number of hydrogen-bond donors (Lipinski definition) is 4. The minimum Gasteiger partial charge on any atom is -0.422 e. The van der Waals surface area contributed by atoms with E-state index in [1.807, 2.05) is 13.8 Å². The molecule has 1 aliphatic heterocycles. The van der Waals surface area contributed by atoms with Crippen molar-refractivity contribution >= 4 is 48.6 Å². The highest BCUT2D eigenvalue weighted by atomic mass is 31.1. The quantitative estimate of drug-likeness (QED) is 0.134. The van der Waals surface area contributed by atoms with Gasteiger partial charge >= 0.3 is 12.1 Å². The lowest BCUT2D eigenvalue weighted by Gasteiger charge is -2.33. The van der Waals surface area contributed by atoms with Crippen LogP contribution in [0.2, 0.25) is 0 Å². The number of benzene rings is 1. The van der Waals surface area contributed by atoms with Crippen molar-refractivity contribution in [2.45, 2.75) is 39.7 Å². The van der Waals surface area contributed by atoms with Crippen LogP contribution < -0.4 is 20.3 Å². The number of H-pyrrole nitrogens is 1. The lowest BCUT2D eigenvalue weighted by atomic mass is 10.0. The number of alkyl carbamates (subject to hydrolysis) is 1. The van der Waals surface area contributed by atoms with Gasteiger partial charge in [0.15, 0.2) is 21.6 Å². The lowest BCUT2D eigenvalue weighted by molar-refractivity contribution is 0.0615. The second kappa shape index (κ2) is 13.5. The summed E-state index contributed by atoms with van der Waals surface area (Å²) in [5.74, 6) is 1.17. The first-order chi connectivity index (χ1) is 19.4. The lowest BCUT2D eigenvalue weighted by Crippen LogP contribution is -2.45. The molecule has 1 aliphatic rings. The summed E-state index contributed by atoms with van der Waals surface area (Å²) in [6.45, 7) is 6.56. The zero-order chi connectivity index (χ0) is 28.6. The Kier molecular flexibility index (Phi) is 9.80. The maximum atomic E-state index is 14.5. The number of nitrogens with zero attached hydrogens (tertiary/aromatic N) is 5. The van der Waals surface area contributed by atoms with E-state index in [0.717, 1.165) is 0 Å². The molecule has 4 aromatic rings. The van der Waals surface area contributed by atoms with Crippen molar-refractivity contribution in [3.63, 3.8) is 0 Å². The predicted octanol–water partition coefficient (Wildman–Crippen LogP) is 4.38. The van der Waals surface area contributed by atoms with Gasteiger partial charge in [-0.3, -0.25) is 4.52 Å². The molecule has 5 rings (SSSR count). The molecule has 0 radical (unpaired) electrons. The number of amides is 1. The van der Waals surface area contributed by atoms with Gasteiger partial charge in [-0.2, -0.15) is 9.97 Å². The summed E-state index contributed by atoms with van der Waals surface area (Å²) < 4.78 is 29.9. The third kappa shape index (κ3) is 6.64. The molecule has 13 nitrogen and oxygen atoms in total. The van der Waals surface area contributed by atoms with Gasteiger partial charge < -0.3 is 34.9 Å². The number of aromatic amines is 1. The number of carbonyl (C=O) groups is 1. The molecule has 1 fully saturated rings. The number of fused-ring (bicyclic) bond motifs is 3. The molecule has 1 atom stereocenters. The molecule has 1 saturated heterocycles. The highest BCUT2D eigenvalue weighted by Crippen LogP contribution is 2.38. The standard InChI is InChI=1S/C23H26FN8O5P.C2H6/c1-12-26-9-15(10-27-12)37-22-30-20-18(16-7-13(24)8-17(25-2)19(16)29-20)21(31-22)32-5-3-14(4-6-32)28-23(33)35-11-36-38-34;1-2/h7-10,14,25,34,38H,3-6,11H2,1-2H3,(H,28,33)(H,29,30,31);1-2H3. The Balaban J connectivity index is 0.00000181. The average Bonchev–Trinajstić information content (AvgIpc) is 3.33. The molecule has 1 amide bonds. The Morgan fingerprint density at radius 3 is 2.62 bits per heavy atom. The fourth-order valence-electron chi connectivity index (χ4n) is 4.39. The topological polar surface area (TPSA) is 160 Å². The number of hydrogen-bond acceptors (Lipinski definition) is 11. The predicted molar refractivity (Wildman–Crippen MR) is 150 cm³/mol. The largest absolute Gasteiger partial charge is 0.422 e. The van der Waals surface area contributed by atoms with Gasteiger partial charge in [-0.15, -0.1) is 0 Å². The number of rotatable bonds is 8. The Morgan fingerprint density at radius 1 is 1.23 bits per heavy atom. The smallest absolute Gasteiger partial charge is 0.409 e. The van der Waals surface area contributed by atoms with Gasteiger partial charge in [-0.25, -0.2) is 19.2 Å². The Hall–Kier alpha value is -3.87. The summed E-state index contributed by atoms with van der Waals surface area (Å²) >= 11 is 0. The van der Waals surface area contributed by atoms with Crippen LogP contribution in [0.5, 0.6) is 11.8 Å². The SMILES string of the molecule is CC.CNc1cc(F)cc2c1[nH]c1nc(Oc3cnc(C)nc3)nc(N3CCC(NC(=O)OCOPO)CC3)c12. The summed E-state index contributed by atoms with van der Waals surface area (Å²) in [6.07, 6.45) is 3.69. The number of aromatic nitrogens is 5. The van der Waals surface area contributed by atoms with Crippen molar-refractivity contribution < 1.29 is 28.1 Å². The van der Waals surface area contributed by atoms with Gasteiger partial charge in [0.05, 0.1) is 29.0 Å². The first-order valence-corrected chi connectivity index (χ1v) is 13.7. The van der Waals surface area contributed by atoms with Crippen molar-refractivity contribution in [3.05, 3.63) is 36.2 Å². The van der Waals surface area contributed by atoms with Crippen molar-refractivity contribution in [1.82, 2.24) is 30.2 Å². The number of aryl methyl sites for hydroxylation is 1. The average molecular weight is 575 g/mol. The zero-order valence-electron chi connectivity index (χ0n) is 22.6. The van der Waals surface area contributed by atoms with E-state index in [1.54, 1.807) is 14.0 Å². The van der Waals surface area contributed by atoms with Crippen molar-refractivity contribution in [2.24, 2.45) is 0 Å². The summed E-state index contributed by atoms with van der Waals surface area (Å²) in [5.41, 5.74) is 1.77. The third-order valence-corrected chi connectivity index (χ3v) is 6.40. The van der Waals surface area contributed by atoms with Crippen molar-refractivity contribution in [1.29, 1.82) is 0 Å². The van der Waals surface area contributed by atoms with Gasteiger partial charge in [-0.1, -0.05) is 13.8 Å². The minimum atomic E-state index is -0.751. The van der Waals surface area contributed by atoms with E-state index in [4.69, 9.17) is 19.4 Å². The number of ether oxygens (including phenoxy) is 2. The van der Waals surface area contributed by atoms with Crippen LogP contribution in [-0.2, 0) is 9.26 Å². The molecule has 0 aliphatic carbocycles. The van der Waals surface area contributed by atoms with Gasteiger partial charge in [0.2, 0.25) is 0 Å². The van der Waals surface area contributed by atoms with E-state index in [0.29, 0.717) is 70.9 Å². The molecule has 1 aromatic carbocycles. The van der Waals surface area contributed by atoms with Gasteiger partial charge in [0.1, 0.15) is 23.1 Å². The number of halogens is 1. The van der Waals surface area contributed by atoms with E-state index in [1.165, 1.54) is 24.5 Å². The van der Waals surface area contributed by atoms with E-state index in [2.05, 4.69) is 40.0 Å². The number of carbonyl (C=O) groups excluding carboxylic acids is 1. The molecular formula is C25H32FN8O5P. The summed E-state index contributed by atoms with van der Waals surface area (Å²) in [6, 6.07) is 2.83. The maximum absolute atomic E-state index is 14.5. The van der Waals surface area contributed by atoms with Gasteiger partial charge in [0.25, 0.3) is 0 Å². The summed E-state index contributed by atoms with van der Waals surface area (Å²) in [4.78, 5) is 43.5. The summed E-state index contributed by atoms with van der Waals surface area (Å²) in [5, 5.41) is 7.12. The second-order valence-corrected chi connectivity index (χ2v) is 9.03. The van der Waals surface area contributed by atoms with E-state index < -0.39 is 20.9 Å². The van der Waals surface area contributed by atoms with Crippen LogP contribution in [0.15, 0.2) is 24.5 Å². The molecule has 0 bridgehead atoms. The molecule has 40 heavy (non-hydrogen) atoms. The number of piperidine rings is 1. The normalized spacial score (nSPS) is 13.9. The Labute approximate surface area is 231 Å². The molecule has 0 spiro atoms. The number of anilines is 2. The monoisotopic (exact) mass is 574 g/mol. The summed E-state index contributed by atoms with van der Waals surface area (Å²) in [7, 11) is 0.968. The van der Waals surface area contributed by atoms with Gasteiger partial charge in [0, 0.05) is 31.6 Å². The fraction of sp³-hybridized carbons (Fsp3) is 0.400. The molecule has 1 unspecified atom stereocenters. The maximum Gasteiger partial charge on any atom is 0.409 e. The minimum absolute atomic E-state index is 0.0893. The Bertz CT molecular complexity index is 1450. The van der Waals surface area contributed by atoms with E-state index in [9.17, 15) is 9.18 Å². The molecule has 4 N–H and O–H groups in total. The Morgan fingerprint density at radius 2 is 1.95 bits per heavy atom. The molecule has 3 aromatic heterocycles.